The van der Waals surface area contributed by atoms with Crippen LogP contribution in [0.15, 0.2) is 24.3 Å². The standard InChI is InChI=1S/C18H22N2O5/c1-24-18(23)13-6-9-19(10-7-13)16(21)8-11-20-14-4-2-3-5-15(14)25-12-17(20)22/h2-5,13H,6-12H2,1H3. The molecule has 1 aromatic rings. The third-order valence-corrected chi connectivity index (χ3v) is 4.74. The highest BCUT2D eigenvalue weighted by Gasteiger charge is 2.29. The second kappa shape index (κ2) is 7.55. The molecule has 0 atom stereocenters. The number of piperidine rings is 1. The Morgan fingerprint density at radius 3 is 2.68 bits per heavy atom. The quantitative estimate of drug-likeness (QED) is 0.766. The van der Waals surface area contributed by atoms with E-state index in [1.54, 1.807) is 9.80 Å². The van der Waals surface area contributed by atoms with Gasteiger partial charge in [0.15, 0.2) is 6.61 Å². The molecule has 0 bridgehead atoms. The molecule has 0 spiro atoms. The Labute approximate surface area is 146 Å². The molecule has 7 heteroatoms. The predicted molar refractivity (Wildman–Crippen MR) is 90.2 cm³/mol. The van der Waals surface area contributed by atoms with Gasteiger partial charge in [0.1, 0.15) is 5.75 Å². The monoisotopic (exact) mass is 346 g/mol. The molecule has 2 aliphatic rings. The molecule has 0 N–H and O–H groups in total. The van der Waals surface area contributed by atoms with Crippen molar-refractivity contribution in [1.82, 2.24) is 4.90 Å². The van der Waals surface area contributed by atoms with Gasteiger partial charge in [-0.2, -0.15) is 0 Å². The molecule has 0 radical (unpaired) electrons. The Morgan fingerprint density at radius 1 is 1.24 bits per heavy atom. The van der Waals surface area contributed by atoms with Gasteiger partial charge in [0, 0.05) is 26.1 Å². The van der Waals surface area contributed by atoms with Gasteiger partial charge in [-0.15, -0.1) is 0 Å². The molecule has 0 saturated carbocycles. The van der Waals surface area contributed by atoms with Crippen LogP contribution in [0.4, 0.5) is 5.69 Å². The molecular weight excluding hydrogens is 324 g/mol. The van der Waals surface area contributed by atoms with Crippen molar-refractivity contribution in [2.24, 2.45) is 5.92 Å². The van der Waals surface area contributed by atoms with Gasteiger partial charge in [-0.3, -0.25) is 14.4 Å². The molecular formula is C18H22N2O5. The Bertz CT molecular complexity index is 667. The van der Waals surface area contributed by atoms with Crippen LogP contribution in [0, 0.1) is 5.92 Å². The van der Waals surface area contributed by atoms with E-state index in [2.05, 4.69) is 0 Å². The second-order valence-corrected chi connectivity index (χ2v) is 6.23. The number of benzene rings is 1. The van der Waals surface area contributed by atoms with Gasteiger partial charge < -0.3 is 19.3 Å². The summed E-state index contributed by atoms with van der Waals surface area (Å²) in [5.41, 5.74) is 0.705. The lowest BCUT2D eigenvalue weighted by Gasteiger charge is -2.32. The van der Waals surface area contributed by atoms with Crippen molar-refractivity contribution in [3.05, 3.63) is 24.3 Å². The molecule has 25 heavy (non-hydrogen) atoms. The number of hydrogen-bond donors (Lipinski definition) is 0. The summed E-state index contributed by atoms with van der Waals surface area (Å²) in [6, 6.07) is 7.32. The minimum Gasteiger partial charge on any atom is -0.482 e. The van der Waals surface area contributed by atoms with Gasteiger partial charge in [-0.05, 0) is 25.0 Å². The fourth-order valence-electron chi connectivity index (χ4n) is 3.30. The van der Waals surface area contributed by atoms with Crippen molar-refractivity contribution in [2.45, 2.75) is 19.3 Å². The van der Waals surface area contributed by atoms with Gasteiger partial charge in [0.25, 0.3) is 5.91 Å². The zero-order valence-corrected chi connectivity index (χ0v) is 14.3. The van der Waals surface area contributed by atoms with Crippen LogP contribution in [0.25, 0.3) is 0 Å². The second-order valence-electron chi connectivity index (χ2n) is 6.23. The van der Waals surface area contributed by atoms with E-state index >= 15 is 0 Å². The summed E-state index contributed by atoms with van der Waals surface area (Å²) >= 11 is 0. The Kier molecular flexibility index (Phi) is 5.21. The molecule has 1 fully saturated rings. The average molecular weight is 346 g/mol. The fraction of sp³-hybridized carbons (Fsp3) is 0.500. The molecule has 2 amide bonds. The van der Waals surface area contributed by atoms with Crippen LogP contribution in [0.1, 0.15) is 19.3 Å². The number of para-hydroxylation sites is 2. The average Bonchev–Trinajstić information content (AvgIpc) is 2.66. The maximum Gasteiger partial charge on any atom is 0.308 e. The van der Waals surface area contributed by atoms with E-state index in [9.17, 15) is 14.4 Å². The minimum absolute atomic E-state index is 0.0000822. The van der Waals surface area contributed by atoms with Crippen LogP contribution in [0.5, 0.6) is 5.75 Å². The first-order valence-corrected chi connectivity index (χ1v) is 8.48. The first kappa shape index (κ1) is 17.3. The van der Waals surface area contributed by atoms with Crippen molar-refractivity contribution in [1.29, 1.82) is 0 Å². The number of nitrogens with zero attached hydrogens (tertiary/aromatic N) is 2. The van der Waals surface area contributed by atoms with Gasteiger partial charge in [-0.1, -0.05) is 12.1 Å². The maximum absolute atomic E-state index is 12.4. The number of esters is 1. The number of hydrogen-bond acceptors (Lipinski definition) is 5. The highest BCUT2D eigenvalue weighted by atomic mass is 16.5. The zero-order chi connectivity index (χ0) is 17.8. The number of fused-ring (bicyclic) bond motifs is 1. The molecule has 134 valence electrons. The first-order valence-electron chi connectivity index (χ1n) is 8.48. The van der Waals surface area contributed by atoms with Crippen molar-refractivity contribution >= 4 is 23.5 Å². The molecule has 1 aromatic carbocycles. The lowest BCUT2D eigenvalue weighted by Crippen LogP contribution is -2.44. The summed E-state index contributed by atoms with van der Waals surface area (Å²) in [5.74, 6) is 0.189. The summed E-state index contributed by atoms with van der Waals surface area (Å²) < 4.78 is 10.2. The fourth-order valence-corrected chi connectivity index (χ4v) is 3.30. The third-order valence-electron chi connectivity index (χ3n) is 4.74. The molecule has 2 aliphatic heterocycles. The Morgan fingerprint density at radius 2 is 1.96 bits per heavy atom. The highest BCUT2D eigenvalue weighted by molar-refractivity contribution is 5.98. The molecule has 0 unspecified atom stereocenters. The van der Waals surface area contributed by atoms with E-state index in [0.29, 0.717) is 43.9 Å². The van der Waals surface area contributed by atoms with Crippen LogP contribution in [-0.2, 0) is 19.1 Å². The van der Waals surface area contributed by atoms with Gasteiger partial charge >= 0.3 is 5.97 Å². The Hall–Kier alpha value is -2.57. The van der Waals surface area contributed by atoms with E-state index < -0.39 is 0 Å². The molecule has 0 aliphatic carbocycles. The number of anilines is 1. The van der Waals surface area contributed by atoms with Crippen molar-refractivity contribution in [3.63, 3.8) is 0 Å². The smallest absolute Gasteiger partial charge is 0.308 e. The van der Waals surface area contributed by atoms with E-state index in [-0.39, 0.29) is 36.7 Å². The van der Waals surface area contributed by atoms with Crippen LogP contribution in [0.3, 0.4) is 0 Å². The number of methoxy groups -OCH3 is 1. The van der Waals surface area contributed by atoms with E-state index in [1.807, 2.05) is 24.3 Å². The zero-order valence-electron chi connectivity index (χ0n) is 14.3. The molecule has 0 aromatic heterocycles. The maximum atomic E-state index is 12.4. The first-order chi connectivity index (χ1) is 12.1. The number of amides is 2. The summed E-state index contributed by atoms with van der Waals surface area (Å²) in [6.45, 7) is 1.42. The molecule has 3 rings (SSSR count). The predicted octanol–water partition coefficient (Wildman–Crippen LogP) is 1.21. The minimum atomic E-state index is -0.206. The van der Waals surface area contributed by atoms with Crippen LogP contribution in [-0.4, -0.2) is 56.0 Å². The third kappa shape index (κ3) is 3.75. The van der Waals surface area contributed by atoms with Crippen molar-refractivity contribution in [2.75, 3.05) is 38.3 Å². The summed E-state index contributed by atoms with van der Waals surface area (Å²) in [4.78, 5) is 39.5. The Balaban J connectivity index is 1.55. The number of carbonyl (C=O) groups excluding carboxylic acids is 3. The summed E-state index contributed by atoms with van der Waals surface area (Å²) in [5, 5.41) is 0. The molecule has 7 nitrogen and oxygen atoms in total. The lowest BCUT2D eigenvalue weighted by atomic mass is 9.97. The SMILES string of the molecule is COC(=O)C1CCN(C(=O)CCN2C(=O)COc3ccccc32)CC1. The van der Waals surface area contributed by atoms with Gasteiger partial charge in [0.05, 0.1) is 18.7 Å². The van der Waals surface area contributed by atoms with E-state index in [4.69, 9.17) is 9.47 Å². The summed E-state index contributed by atoms with van der Waals surface area (Å²) in [6.07, 6.45) is 1.50. The van der Waals surface area contributed by atoms with Gasteiger partial charge in [0.2, 0.25) is 5.91 Å². The topological polar surface area (TPSA) is 76.2 Å². The number of likely N-dealkylation sites (tertiary alicyclic amines) is 1. The molecule has 1 saturated heterocycles. The van der Waals surface area contributed by atoms with E-state index in [1.165, 1.54) is 7.11 Å². The van der Waals surface area contributed by atoms with E-state index in [0.717, 1.165) is 0 Å². The molecule has 2 heterocycles. The van der Waals surface area contributed by atoms with Crippen LogP contribution < -0.4 is 9.64 Å². The number of carbonyl (C=O) groups is 3. The number of ether oxygens (including phenoxy) is 2. The summed E-state index contributed by atoms with van der Waals surface area (Å²) in [7, 11) is 1.39. The highest BCUT2D eigenvalue weighted by Crippen LogP contribution is 2.31. The lowest BCUT2D eigenvalue weighted by molar-refractivity contribution is -0.148. The van der Waals surface area contributed by atoms with Gasteiger partial charge in [-0.25, -0.2) is 0 Å². The van der Waals surface area contributed by atoms with Crippen molar-refractivity contribution < 1.29 is 23.9 Å². The largest absolute Gasteiger partial charge is 0.482 e. The van der Waals surface area contributed by atoms with Crippen molar-refractivity contribution in [3.8, 4) is 5.75 Å². The number of rotatable bonds is 4. The van der Waals surface area contributed by atoms with Crippen LogP contribution in [0.2, 0.25) is 0 Å². The normalized spacial score (nSPS) is 17.7. The van der Waals surface area contributed by atoms with Crippen LogP contribution >= 0.6 is 0 Å².